The highest BCUT2D eigenvalue weighted by molar-refractivity contribution is 5.87. The van der Waals surface area contributed by atoms with E-state index in [1.54, 1.807) is 18.2 Å². The molecule has 0 saturated carbocycles. The van der Waals surface area contributed by atoms with Crippen LogP contribution in [0.1, 0.15) is 12.8 Å². The van der Waals surface area contributed by atoms with E-state index in [1.807, 2.05) is 6.07 Å². The van der Waals surface area contributed by atoms with Gasteiger partial charge in [0.05, 0.1) is 0 Å². The zero-order valence-electron chi connectivity index (χ0n) is 10.8. The predicted molar refractivity (Wildman–Crippen MR) is 68.7 cm³/mol. The number of carboxylic acids is 1. The van der Waals surface area contributed by atoms with Gasteiger partial charge in [-0.1, -0.05) is 12.1 Å². The van der Waals surface area contributed by atoms with Crippen molar-refractivity contribution in [3.63, 3.8) is 0 Å². The number of carbonyl (C=O) groups excluding carboxylic acids is 1. The van der Waals surface area contributed by atoms with Crippen LogP contribution >= 0.6 is 0 Å². The number of hydrogen-bond donors (Lipinski definition) is 1. The number of carboxylic acid groups (broad SMARTS) is 1. The Labute approximate surface area is 115 Å². The van der Waals surface area contributed by atoms with Crippen LogP contribution in [0.5, 0.6) is 11.5 Å². The maximum absolute atomic E-state index is 12.4. The first-order valence-electron chi connectivity index (χ1n) is 6.58. The number of likely N-dealkylation sites (tertiary alicyclic amines) is 1. The van der Waals surface area contributed by atoms with Crippen LogP contribution in [0, 0.1) is 0 Å². The van der Waals surface area contributed by atoms with E-state index < -0.39 is 18.1 Å². The number of nitrogens with zero attached hydrogens (tertiary/aromatic N) is 1. The van der Waals surface area contributed by atoms with E-state index in [0.29, 0.717) is 30.9 Å². The van der Waals surface area contributed by atoms with E-state index in [-0.39, 0.29) is 12.5 Å². The maximum Gasteiger partial charge on any atom is 0.326 e. The van der Waals surface area contributed by atoms with Gasteiger partial charge >= 0.3 is 5.97 Å². The first kappa shape index (κ1) is 12.8. The Kier molecular flexibility index (Phi) is 3.22. The molecule has 1 fully saturated rings. The van der Waals surface area contributed by atoms with Gasteiger partial charge in [-0.2, -0.15) is 0 Å². The lowest BCUT2D eigenvalue weighted by atomic mass is 10.2. The van der Waals surface area contributed by atoms with Crippen LogP contribution in [0.3, 0.4) is 0 Å². The standard InChI is InChI=1S/C14H15NO5/c16-13(15-7-3-4-9(15)14(17)18)12-8-19-10-5-1-2-6-11(10)20-12/h1-2,5-6,9,12H,3-4,7-8H2,(H,17,18)/t9-,12+/m1/s1. The topological polar surface area (TPSA) is 76.1 Å². The molecule has 2 aliphatic rings. The van der Waals surface area contributed by atoms with Crippen molar-refractivity contribution in [3.05, 3.63) is 24.3 Å². The Morgan fingerprint density at radius 3 is 2.75 bits per heavy atom. The average molecular weight is 277 g/mol. The van der Waals surface area contributed by atoms with Crippen LogP contribution < -0.4 is 9.47 Å². The number of hydrogen-bond acceptors (Lipinski definition) is 4. The van der Waals surface area contributed by atoms with Gasteiger partial charge in [0.1, 0.15) is 12.6 Å². The number of ether oxygens (including phenoxy) is 2. The van der Waals surface area contributed by atoms with Gasteiger partial charge in [0.2, 0.25) is 6.10 Å². The molecule has 0 aromatic heterocycles. The molecule has 0 radical (unpaired) electrons. The minimum absolute atomic E-state index is 0.110. The number of benzene rings is 1. The second kappa shape index (κ2) is 5.03. The van der Waals surface area contributed by atoms with E-state index in [1.165, 1.54) is 4.90 Å². The Hall–Kier alpha value is -2.24. The molecule has 3 rings (SSSR count). The molecule has 106 valence electrons. The smallest absolute Gasteiger partial charge is 0.326 e. The lowest BCUT2D eigenvalue weighted by Gasteiger charge is -2.30. The van der Waals surface area contributed by atoms with Gasteiger partial charge in [-0.3, -0.25) is 4.79 Å². The molecule has 1 N–H and O–H groups in total. The minimum Gasteiger partial charge on any atom is -0.485 e. The highest BCUT2D eigenvalue weighted by atomic mass is 16.6. The second-order valence-electron chi connectivity index (χ2n) is 4.89. The third-order valence-corrected chi connectivity index (χ3v) is 3.60. The van der Waals surface area contributed by atoms with Gasteiger partial charge in [-0.05, 0) is 25.0 Å². The molecule has 1 aromatic carbocycles. The van der Waals surface area contributed by atoms with Crippen molar-refractivity contribution in [1.29, 1.82) is 0 Å². The second-order valence-corrected chi connectivity index (χ2v) is 4.89. The van der Waals surface area contributed by atoms with Crippen molar-refractivity contribution in [2.24, 2.45) is 0 Å². The number of amides is 1. The van der Waals surface area contributed by atoms with E-state index in [4.69, 9.17) is 14.6 Å². The van der Waals surface area contributed by atoms with Gasteiger partial charge in [0, 0.05) is 6.54 Å². The molecule has 0 unspecified atom stereocenters. The molecule has 20 heavy (non-hydrogen) atoms. The van der Waals surface area contributed by atoms with Crippen molar-refractivity contribution in [2.75, 3.05) is 13.2 Å². The molecule has 2 atom stereocenters. The highest BCUT2D eigenvalue weighted by Gasteiger charge is 2.39. The predicted octanol–water partition coefficient (Wildman–Crippen LogP) is 0.902. The Bertz CT molecular complexity index is 544. The number of para-hydroxylation sites is 2. The first-order valence-corrected chi connectivity index (χ1v) is 6.58. The molecule has 0 bridgehead atoms. The van der Waals surface area contributed by atoms with Gasteiger partial charge < -0.3 is 19.5 Å². The van der Waals surface area contributed by atoms with E-state index in [9.17, 15) is 9.59 Å². The minimum atomic E-state index is -0.965. The van der Waals surface area contributed by atoms with Crippen LogP contribution in [0.15, 0.2) is 24.3 Å². The third kappa shape index (κ3) is 2.17. The molecule has 1 aromatic rings. The molecule has 6 heteroatoms. The van der Waals surface area contributed by atoms with Crippen LogP contribution in [0.25, 0.3) is 0 Å². The zero-order valence-corrected chi connectivity index (χ0v) is 10.8. The number of rotatable bonds is 2. The molecule has 6 nitrogen and oxygen atoms in total. The zero-order chi connectivity index (χ0) is 14.1. The van der Waals surface area contributed by atoms with Crippen molar-refractivity contribution < 1.29 is 24.2 Å². The van der Waals surface area contributed by atoms with Gasteiger partial charge in [-0.25, -0.2) is 4.79 Å². The van der Waals surface area contributed by atoms with Gasteiger partial charge in [-0.15, -0.1) is 0 Å². The van der Waals surface area contributed by atoms with E-state index in [0.717, 1.165) is 0 Å². The monoisotopic (exact) mass is 277 g/mol. The molecule has 0 spiro atoms. The quantitative estimate of drug-likeness (QED) is 0.869. The van der Waals surface area contributed by atoms with Crippen LogP contribution in [0.2, 0.25) is 0 Å². The Morgan fingerprint density at radius 1 is 1.25 bits per heavy atom. The molecular weight excluding hydrogens is 262 g/mol. The van der Waals surface area contributed by atoms with Gasteiger partial charge in [0.25, 0.3) is 5.91 Å². The maximum atomic E-state index is 12.4. The molecule has 2 aliphatic heterocycles. The first-order chi connectivity index (χ1) is 9.66. The molecular formula is C14H15NO5. The average Bonchev–Trinajstić information content (AvgIpc) is 2.95. The summed E-state index contributed by atoms with van der Waals surface area (Å²) in [5.74, 6) is -0.159. The van der Waals surface area contributed by atoms with Crippen molar-refractivity contribution in [1.82, 2.24) is 4.90 Å². The van der Waals surface area contributed by atoms with Crippen molar-refractivity contribution in [3.8, 4) is 11.5 Å². The lowest BCUT2D eigenvalue weighted by Crippen LogP contribution is -2.50. The fourth-order valence-corrected chi connectivity index (χ4v) is 2.61. The number of carbonyl (C=O) groups is 2. The summed E-state index contributed by atoms with van der Waals surface area (Å²) < 4.78 is 11.1. The van der Waals surface area contributed by atoms with E-state index in [2.05, 4.69) is 0 Å². The normalized spacial score (nSPS) is 24.5. The summed E-state index contributed by atoms with van der Waals surface area (Å²) >= 11 is 0. The summed E-state index contributed by atoms with van der Waals surface area (Å²) in [6, 6.07) is 6.37. The summed E-state index contributed by atoms with van der Waals surface area (Å²) in [6.07, 6.45) is 0.419. The lowest BCUT2D eigenvalue weighted by molar-refractivity contribution is -0.152. The molecule has 1 saturated heterocycles. The van der Waals surface area contributed by atoms with Crippen molar-refractivity contribution in [2.45, 2.75) is 25.0 Å². The summed E-state index contributed by atoms with van der Waals surface area (Å²) in [5, 5.41) is 9.12. The molecule has 0 aliphatic carbocycles. The SMILES string of the molecule is O=C(O)[C@H]1CCCN1C(=O)[C@@H]1COc2ccccc2O1. The Morgan fingerprint density at radius 2 is 2.00 bits per heavy atom. The fraction of sp³-hybridized carbons (Fsp3) is 0.429. The fourth-order valence-electron chi connectivity index (χ4n) is 2.61. The summed E-state index contributed by atoms with van der Waals surface area (Å²) in [6.45, 7) is 0.565. The molecule has 1 amide bonds. The van der Waals surface area contributed by atoms with Crippen LogP contribution in [-0.4, -0.2) is 47.2 Å². The summed E-state index contributed by atoms with van der Waals surface area (Å²) in [5.41, 5.74) is 0. The van der Waals surface area contributed by atoms with Crippen LogP contribution in [-0.2, 0) is 9.59 Å². The number of fused-ring (bicyclic) bond motifs is 1. The number of aliphatic carboxylic acids is 1. The van der Waals surface area contributed by atoms with E-state index >= 15 is 0 Å². The summed E-state index contributed by atoms with van der Waals surface area (Å²) in [4.78, 5) is 24.9. The highest BCUT2D eigenvalue weighted by Crippen LogP contribution is 2.32. The van der Waals surface area contributed by atoms with Crippen molar-refractivity contribution >= 4 is 11.9 Å². The largest absolute Gasteiger partial charge is 0.485 e. The summed E-state index contributed by atoms with van der Waals surface area (Å²) in [7, 11) is 0. The third-order valence-electron chi connectivity index (χ3n) is 3.60. The van der Waals surface area contributed by atoms with Gasteiger partial charge in [0.15, 0.2) is 11.5 Å². The molecule has 2 heterocycles. The van der Waals surface area contributed by atoms with Crippen LogP contribution in [0.4, 0.5) is 0 Å². The Balaban J connectivity index is 1.74.